The molecule has 0 radical (unpaired) electrons. The molecule has 0 N–H and O–H groups in total. The molecule has 1 aliphatic heterocycles. The first-order valence-corrected chi connectivity index (χ1v) is 6.06. The first kappa shape index (κ1) is 10.8. The zero-order valence-corrected chi connectivity index (χ0v) is 9.89. The van der Waals surface area contributed by atoms with Gasteiger partial charge in [-0.25, -0.2) is 4.98 Å². The number of hydrogen-bond acceptors (Lipinski definition) is 4. The standard InChI is InChI=1S/C11H15NO2S/c1-8-12-9(7-15-8)6-10(13)11(2)4-3-5-14-11/h7H,3-6H2,1-2H3. The lowest BCUT2D eigenvalue weighted by Crippen LogP contribution is -2.35. The van der Waals surface area contributed by atoms with E-state index in [-0.39, 0.29) is 5.78 Å². The van der Waals surface area contributed by atoms with Gasteiger partial charge in [0.15, 0.2) is 5.78 Å². The number of carbonyl (C=O) groups is 1. The monoisotopic (exact) mass is 225 g/mol. The summed E-state index contributed by atoms with van der Waals surface area (Å²) < 4.78 is 5.51. The molecule has 1 atom stereocenters. The van der Waals surface area contributed by atoms with Crippen LogP contribution in [0.15, 0.2) is 5.38 Å². The molecule has 0 amide bonds. The topological polar surface area (TPSA) is 39.2 Å². The predicted octanol–water partition coefficient (Wildman–Crippen LogP) is 2.13. The molecule has 0 saturated carbocycles. The van der Waals surface area contributed by atoms with E-state index < -0.39 is 5.60 Å². The molecule has 0 aromatic carbocycles. The summed E-state index contributed by atoms with van der Waals surface area (Å²) in [5.41, 5.74) is 0.316. The van der Waals surface area contributed by atoms with Crippen molar-refractivity contribution in [2.24, 2.45) is 0 Å². The molecule has 0 aliphatic carbocycles. The van der Waals surface area contributed by atoms with E-state index in [1.807, 2.05) is 19.2 Å². The Balaban J connectivity index is 2.03. The van der Waals surface area contributed by atoms with E-state index in [0.29, 0.717) is 13.0 Å². The van der Waals surface area contributed by atoms with E-state index in [4.69, 9.17) is 4.74 Å². The smallest absolute Gasteiger partial charge is 0.170 e. The number of Topliss-reactive ketones (excluding diaryl/α,β-unsaturated/α-hetero) is 1. The third-order valence-electron chi connectivity index (χ3n) is 2.82. The van der Waals surface area contributed by atoms with Gasteiger partial charge in [-0.05, 0) is 26.7 Å². The fourth-order valence-corrected chi connectivity index (χ4v) is 2.45. The summed E-state index contributed by atoms with van der Waals surface area (Å²) in [7, 11) is 0. The number of aromatic nitrogens is 1. The van der Waals surface area contributed by atoms with Crippen molar-refractivity contribution in [2.75, 3.05) is 6.61 Å². The number of hydrogen-bond donors (Lipinski definition) is 0. The maximum absolute atomic E-state index is 12.0. The van der Waals surface area contributed by atoms with Crippen LogP contribution in [0.4, 0.5) is 0 Å². The summed E-state index contributed by atoms with van der Waals surface area (Å²) >= 11 is 1.58. The Morgan fingerprint density at radius 1 is 1.73 bits per heavy atom. The van der Waals surface area contributed by atoms with Crippen LogP contribution in [-0.4, -0.2) is 23.0 Å². The lowest BCUT2D eigenvalue weighted by atomic mass is 9.94. The first-order valence-electron chi connectivity index (χ1n) is 5.18. The summed E-state index contributed by atoms with van der Waals surface area (Å²) in [6.07, 6.45) is 2.23. The second-order valence-electron chi connectivity index (χ2n) is 4.14. The van der Waals surface area contributed by atoms with E-state index in [1.165, 1.54) is 0 Å². The Bertz CT molecular complexity index is 366. The van der Waals surface area contributed by atoms with E-state index >= 15 is 0 Å². The zero-order chi connectivity index (χ0) is 10.9. The molecule has 0 bridgehead atoms. The summed E-state index contributed by atoms with van der Waals surface area (Å²) in [6.45, 7) is 4.55. The van der Waals surface area contributed by atoms with Crippen molar-refractivity contribution in [3.63, 3.8) is 0 Å². The van der Waals surface area contributed by atoms with Crippen LogP contribution in [0.3, 0.4) is 0 Å². The Kier molecular flexibility index (Phi) is 2.89. The highest BCUT2D eigenvalue weighted by Crippen LogP contribution is 2.27. The Morgan fingerprint density at radius 2 is 2.53 bits per heavy atom. The molecule has 1 aromatic heterocycles. The molecule has 1 saturated heterocycles. The van der Waals surface area contributed by atoms with Gasteiger partial charge < -0.3 is 4.74 Å². The molecule has 82 valence electrons. The molecule has 1 fully saturated rings. The third-order valence-corrected chi connectivity index (χ3v) is 3.64. The lowest BCUT2D eigenvalue weighted by molar-refractivity contribution is -0.136. The van der Waals surface area contributed by atoms with Gasteiger partial charge in [-0.1, -0.05) is 0 Å². The highest BCUT2D eigenvalue weighted by atomic mass is 32.1. The van der Waals surface area contributed by atoms with E-state index in [1.54, 1.807) is 11.3 Å². The first-order chi connectivity index (χ1) is 7.10. The Morgan fingerprint density at radius 3 is 3.07 bits per heavy atom. The van der Waals surface area contributed by atoms with Crippen LogP contribution < -0.4 is 0 Å². The quantitative estimate of drug-likeness (QED) is 0.791. The minimum Gasteiger partial charge on any atom is -0.367 e. The van der Waals surface area contributed by atoms with Crippen molar-refractivity contribution >= 4 is 17.1 Å². The largest absolute Gasteiger partial charge is 0.367 e. The number of nitrogens with zero attached hydrogens (tertiary/aromatic N) is 1. The molecule has 2 heterocycles. The number of ether oxygens (including phenoxy) is 1. The van der Waals surface area contributed by atoms with Gasteiger partial charge in [-0.3, -0.25) is 4.79 Å². The molecular formula is C11H15NO2S. The fourth-order valence-electron chi connectivity index (χ4n) is 1.84. The van der Waals surface area contributed by atoms with Gasteiger partial charge in [0, 0.05) is 12.0 Å². The molecule has 1 unspecified atom stereocenters. The van der Waals surface area contributed by atoms with Crippen LogP contribution in [0.1, 0.15) is 30.5 Å². The van der Waals surface area contributed by atoms with Crippen LogP contribution in [0.25, 0.3) is 0 Å². The number of thiazole rings is 1. The second kappa shape index (κ2) is 4.02. The summed E-state index contributed by atoms with van der Waals surface area (Å²) in [6, 6.07) is 0. The minimum absolute atomic E-state index is 0.158. The van der Waals surface area contributed by atoms with Crippen LogP contribution >= 0.6 is 11.3 Å². The van der Waals surface area contributed by atoms with E-state index in [9.17, 15) is 4.79 Å². The van der Waals surface area contributed by atoms with Crippen LogP contribution in [-0.2, 0) is 16.0 Å². The zero-order valence-electron chi connectivity index (χ0n) is 9.08. The van der Waals surface area contributed by atoms with E-state index in [0.717, 1.165) is 23.5 Å². The van der Waals surface area contributed by atoms with Crippen molar-refractivity contribution in [1.82, 2.24) is 4.98 Å². The number of ketones is 1. The highest BCUT2D eigenvalue weighted by Gasteiger charge is 2.37. The van der Waals surface area contributed by atoms with Gasteiger partial charge in [0.2, 0.25) is 0 Å². The molecule has 3 nitrogen and oxygen atoms in total. The molecular weight excluding hydrogens is 210 g/mol. The van der Waals surface area contributed by atoms with Crippen LogP contribution in [0.2, 0.25) is 0 Å². The molecule has 2 rings (SSSR count). The molecule has 1 aromatic rings. The van der Waals surface area contributed by atoms with Crippen molar-refractivity contribution in [1.29, 1.82) is 0 Å². The third kappa shape index (κ3) is 2.26. The Hall–Kier alpha value is -0.740. The van der Waals surface area contributed by atoms with Gasteiger partial charge in [-0.2, -0.15) is 0 Å². The van der Waals surface area contributed by atoms with Gasteiger partial charge >= 0.3 is 0 Å². The van der Waals surface area contributed by atoms with Gasteiger partial charge in [0.05, 0.1) is 17.1 Å². The molecule has 0 spiro atoms. The van der Waals surface area contributed by atoms with Crippen molar-refractivity contribution < 1.29 is 9.53 Å². The molecule has 4 heteroatoms. The maximum atomic E-state index is 12.0. The predicted molar refractivity (Wildman–Crippen MR) is 59.2 cm³/mol. The van der Waals surface area contributed by atoms with Crippen molar-refractivity contribution in [3.8, 4) is 0 Å². The van der Waals surface area contributed by atoms with Gasteiger partial charge in [0.25, 0.3) is 0 Å². The lowest BCUT2D eigenvalue weighted by Gasteiger charge is -2.20. The van der Waals surface area contributed by atoms with Gasteiger partial charge in [-0.15, -0.1) is 11.3 Å². The number of carbonyl (C=O) groups excluding carboxylic acids is 1. The Labute approximate surface area is 93.5 Å². The summed E-state index contributed by atoms with van der Waals surface area (Å²) in [5.74, 6) is 0.158. The second-order valence-corrected chi connectivity index (χ2v) is 5.20. The van der Waals surface area contributed by atoms with Crippen molar-refractivity contribution in [3.05, 3.63) is 16.1 Å². The number of rotatable bonds is 3. The number of aryl methyl sites for hydroxylation is 1. The summed E-state index contributed by atoms with van der Waals surface area (Å²) in [4.78, 5) is 16.3. The average Bonchev–Trinajstić information content (AvgIpc) is 2.76. The van der Waals surface area contributed by atoms with E-state index in [2.05, 4.69) is 4.98 Å². The van der Waals surface area contributed by atoms with Crippen LogP contribution in [0.5, 0.6) is 0 Å². The minimum atomic E-state index is -0.558. The highest BCUT2D eigenvalue weighted by molar-refractivity contribution is 7.09. The van der Waals surface area contributed by atoms with Gasteiger partial charge in [0.1, 0.15) is 5.60 Å². The molecule has 15 heavy (non-hydrogen) atoms. The maximum Gasteiger partial charge on any atom is 0.170 e. The SMILES string of the molecule is Cc1nc(CC(=O)C2(C)CCCO2)cs1. The van der Waals surface area contributed by atoms with Crippen LogP contribution in [0, 0.1) is 6.92 Å². The molecule has 1 aliphatic rings. The normalized spacial score (nSPS) is 25.7. The fraction of sp³-hybridized carbons (Fsp3) is 0.636. The average molecular weight is 225 g/mol. The summed E-state index contributed by atoms with van der Waals surface area (Å²) in [5, 5.41) is 2.96. The van der Waals surface area contributed by atoms with Crippen molar-refractivity contribution in [2.45, 2.75) is 38.7 Å².